The number of nitrogens with one attached hydrogen (secondary N) is 2. The number of nitrogens with zero attached hydrogens (tertiary/aromatic N) is 3. The van der Waals surface area contributed by atoms with Crippen molar-refractivity contribution in [3.63, 3.8) is 0 Å². The predicted molar refractivity (Wildman–Crippen MR) is 141 cm³/mol. The van der Waals surface area contributed by atoms with Crippen molar-refractivity contribution in [2.24, 2.45) is 0 Å². The zero-order chi connectivity index (χ0) is 24.0. The molecule has 2 N–H and O–H groups in total. The van der Waals surface area contributed by atoms with Crippen LogP contribution >= 0.6 is 34.4 Å². The Hall–Kier alpha value is -2.40. The maximum atomic E-state index is 12.6. The summed E-state index contributed by atoms with van der Waals surface area (Å²) < 4.78 is 3.07. The Morgan fingerprint density at radius 2 is 1.82 bits per heavy atom. The SMILES string of the molecule is CCn1c(SCC(=O)Nc2ccc(I)cc2C(C)C)nnc1[C@@H](C)NC(=O)c1ccccc1. The largest absolute Gasteiger partial charge is 0.342 e. The van der Waals surface area contributed by atoms with Crippen molar-refractivity contribution in [1.82, 2.24) is 20.1 Å². The van der Waals surface area contributed by atoms with Crippen LogP contribution in [0, 0.1) is 3.57 Å². The highest BCUT2D eigenvalue weighted by Crippen LogP contribution is 2.27. The first-order valence-electron chi connectivity index (χ1n) is 10.8. The second-order valence-electron chi connectivity index (χ2n) is 7.87. The van der Waals surface area contributed by atoms with Gasteiger partial charge in [-0.2, -0.15) is 0 Å². The lowest BCUT2D eigenvalue weighted by Crippen LogP contribution is -2.28. The van der Waals surface area contributed by atoms with Crippen LogP contribution in [0.4, 0.5) is 5.69 Å². The monoisotopic (exact) mass is 577 g/mol. The number of carbonyl (C=O) groups excluding carboxylic acids is 2. The lowest BCUT2D eigenvalue weighted by atomic mass is 10.0. The van der Waals surface area contributed by atoms with Crippen molar-refractivity contribution in [3.8, 4) is 0 Å². The van der Waals surface area contributed by atoms with Crippen molar-refractivity contribution in [3.05, 3.63) is 69.1 Å². The second kappa shape index (κ2) is 11.6. The molecule has 9 heteroatoms. The Kier molecular flexibility index (Phi) is 8.90. The summed E-state index contributed by atoms with van der Waals surface area (Å²) in [5.41, 5.74) is 2.54. The van der Waals surface area contributed by atoms with E-state index in [4.69, 9.17) is 0 Å². The number of halogens is 1. The van der Waals surface area contributed by atoms with E-state index in [1.165, 1.54) is 11.8 Å². The number of aromatic nitrogens is 3. The van der Waals surface area contributed by atoms with Crippen LogP contribution in [0.3, 0.4) is 0 Å². The summed E-state index contributed by atoms with van der Waals surface area (Å²) in [6, 6.07) is 14.8. The zero-order valence-corrected chi connectivity index (χ0v) is 22.1. The number of thioether (sulfide) groups is 1. The van der Waals surface area contributed by atoms with Gasteiger partial charge in [-0.05, 0) is 78.3 Å². The van der Waals surface area contributed by atoms with E-state index in [9.17, 15) is 9.59 Å². The fourth-order valence-corrected chi connectivity index (χ4v) is 4.72. The van der Waals surface area contributed by atoms with Gasteiger partial charge in [-0.1, -0.05) is 43.8 Å². The summed E-state index contributed by atoms with van der Waals surface area (Å²) in [7, 11) is 0. The van der Waals surface area contributed by atoms with Crippen LogP contribution in [0.25, 0.3) is 0 Å². The molecule has 1 atom stereocenters. The number of carbonyl (C=O) groups is 2. The molecule has 0 spiro atoms. The molecule has 1 heterocycles. The van der Waals surface area contributed by atoms with E-state index in [2.05, 4.69) is 63.3 Å². The van der Waals surface area contributed by atoms with E-state index in [-0.39, 0.29) is 23.6 Å². The number of rotatable bonds is 9. The average molecular weight is 577 g/mol. The van der Waals surface area contributed by atoms with Gasteiger partial charge in [-0.3, -0.25) is 9.59 Å². The molecule has 0 radical (unpaired) electrons. The van der Waals surface area contributed by atoms with E-state index in [0.717, 1.165) is 14.8 Å². The maximum absolute atomic E-state index is 12.6. The van der Waals surface area contributed by atoms with Crippen molar-refractivity contribution in [1.29, 1.82) is 0 Å². The molecule has 2 amide bonds. The van der Waals surface area contributed by atoms with Gasteiger partial charge in [-0.15, -0.1) is 10.2 Å². The highest BCUT2D eigenvalue weighted by Gasteiger charge is 2.20. The molecule has 7 nitrogen and oxygen atoms in total. The molecule has 1 aromatic heterocycles. The van der Waals surface area contributed by atoms with Crippen molar-refractivity contribution >= 4 is 51.9 Å². The molecule has 0 aliphatic rings. The number of anilines is 1. The van der Waals surface area contributed by atoms with E-state index in [0.29, 0.717) is 29.0 Å². The molecule has 3 rings (SSSR count). The molecular formula is C24H28IN5O2S. The molecule has 0 aliphatic carbocycles. The van der Waals surface area contributed by atoms with Gasteiger partial charge >= 0.3 is 0 Å². The average Bonchev–Trinajstić information content (AvgIpc) is 3.22. The molecule has 174 valence electrons. The van der Waals surface area contributed by atoms with Crippen LogP contribution in [0.15, 0.2) is 53.7 Å². The second-order valence-corrected chi connectivity index (χ2v) is 10.1. The summed E-state index contributed by atoms with van der Waals surface area (Å²) >= 11 is 3.61. The lowest BCUT2D eigenvalue weighted by Gasteiger charge is -2.15. The Balaban J connectivity index is 1.64. The molecule has 0 saturated heterocycles. The van der Waals surface area contributed by atoms with E-state index < -0.39 is 0 Å². The minimum absolute atomic E-state index is 0.0965. The minimum Gasteiger partial charge on any atom is -0.342 e. The Morgan fingerprint density at radius 1 is 1.09 bits per heavy atom. The molecule has 0 bridgehead atoms. The highest BCUT2D eigenvalue weighted by atomic mass is 127. The number of benzene rings is 2. The first kappa shape index (κ1) is 25.2. The lowest BCUT2D eigenvalue weighted by molar-refractivity contribution is -0.113. The van der Waals surface area contributed by atoms with Crippen LogP contribution in [-0.2, 0) is 11.3 Å². The quantitative estimate of drug-likeness (QED) is 0.268. The van der Waals surface area contributed by atoms with Gasteiger partial charge in [0, 0.05) is 21.4 Å². The summed E-state index contributed by atoms with van der Waals surface area (Å²) in [6.07, 6.45) is 0. The molecule has 0 unspecified atom stereocenters. The summed E-state index contributed by atoms with van der Waals surface area (Å²) in [6.45, 7) is 8.72. The molecule has 0 aliphatic heterocycles. The molecular weight excluding hydrogens is 549 g/mol. The van der Waals surface area contributed by atoms with Crippen LogP contribution in [0.1, 0.15) is 61.4 Å². The van der Waals surface area contributed by atoms with Gasteiger partial charge in [-0.25, -0.2) is 0 Å². The van der Waals surface area contributed by atoms with Crippen molar-refractivity contribution in [2.75, 3.05) is 11.1 Å². The van der Waals surface area contributed by atoms with Gasteiger partial charge in [0.05, 0.1) is 11.8 Å². The third-order valence-electron chi connectivity index (χ3n) is 5.07. The van der Waals surface area contributed by atoms with E-state index in [1.54, 1.807) is 12.1 Å². The normalized spacial score (nSPS) is 11.9. The van der Waals surface area contributed by atoms with Crippen molar-refractivity contribution in [2.45, 2.75) is 51.4 Å². The van der Waals surface area contributed by atoms with Gasteiger partial charge in [0.2, 0.25) is 5.91 Å². The van der Waals surface area contributed by atoms with Gasteiger partial charge in [0.15, 0.2) is 11.0 Å². The fraction of sp³-hybridized carbons (Fsp3) is 0.333. The zero-order valence-electron chi connectivity index (χ0n) is 19.1. The first-order chi connectivity index (χ1) is 15.8. The van der Waals surface area contributed by atoms with Gasteiger partial charge in [0.1, 0.15) is 0 Å². The Labute approximate surface area is 212 Å². The fourth-order valence-electron chi connectivity index (χ4n) is 3.40. The topological polar surface area (TPSA) is 88.9 Å². The molecule has 2 aromatic carbocycles. The number of hydrogen-bond donors (Lipinski definition) is 2. The molecule has 0 saturated carbocycles. The molecule has 33 heavy (non-hydrogen) atoms. The maximum Gasteiger partial charge on any atom is 0.251 e. The Morgan fingerprint density at radius 3 is 2.48 bits per heavy atom. The number of amides is 2. The van der Waals surface area contributed by atoms with Crippen LogP contribution < -0.4 is 10.6 Å². The van der Waals surface area contributed by atoms with Crippen LogP contribution in [0.2, 0.25) is 0 Å². The smallest absolute Gasteiger partial charge is 0.251 e. The van der Waals surface area contributed by atoms with Crippen molar-refractivity contribution < 1.29 is 9.59 Å². The van der Waals surface area contributed by atoms with Gasteiger partial charge in [0.25, 0.3) is 5.91 Å². The Bertz CT molecular complexity index is 1120. The summed E-state index contributed by atoms with van der Waals surface area (Å²) in [5, 5.41) is 15.2. The third kappa shape index (κ3) is 6.57. The van der Waals surface area contributed by atoms with Gasteiger partial charge < -0.3 is 15.2 Å². The standard InChI is InChI=1S/C24H28IN5O2S/c1-5-30-22(16(4)26-23(32)17-9-7-6-8-10-17)28-29-24(30)33-14-21(31)27-20-12-11-18(25)13-19(20)15(2)3/h6-13,15-16H,5,14H2,1-4H3,(H,26,32)(H,27,31)/t16-/m1/s1. The summed E-state index contributed by atoms with van der Waals surface area (Å²) in [5.74, 6) is 0.916. The van der Waals surface area contributed by atoms with Crippen LogP contribution in [0.5, 0.6) is 0 Å². The summed E-state index contributed by atoms with van der Waals surface area (Å²) in [4.78, 5) is 25.1. The molecule has 0 fully saturated rings. The predicted octanol–water partition coefficient (Wildman–Crippen LogP) is 5.25. The highest BCUT2D eigenvalue weighted by molar-refractivity contribution is 14.1. The van der Waals surface area contributed by atoms with Crippen LogP contribution in [-0.4, -0.2) is 32.3 Å². The minimum atomic E-state index is -0.325. The molecule has 3 aromatic rings. The van der Waals surface area contributed by atoms with E-state index in [1.807, 2.05) is 48.7 Å². The third-order valence-corrected chi connectivity index (χ3v) is 6.71. The first-order valence-corrected chi connectivity index (χ1v) is 12.9. The number of hydrogen-bond acceptors (Lipinski definition) is 5. The van der Waals surface area contributed by atoms with E-state index >= 15 is 0 Å².